The van der Waals surface area contributed by atoms with Crippen LogP contribution in [0.2, 0.25) is 0 Å². The molecular formula is C24H26F2N6O2. The van der Waals surface area contributed by atoms with Crippen molar-refractivity contribution in [2.24, 2.45) is 0 Å². The molecule has 1 aliphatic rings. The van der Waals surface area contributed by atoms with Gasteiger partial charge in [-0.2, -0.15) is 4.39 Å². The Morgan fingerprint density at radius 3 is 2.59 bits per heavy atom. The maximum atomic E-state index is 14.6. The summed E-state index contributed by atoms with van der Waals surface area (Å²) in [6.07, 6.45) is 4.38. The van der Waals surface area contributed by atoms with E-state index in [0.717, 1.165) is 32.7 Å². The van der Waals surface area contributed by atoms with Crippen LogP contribution >= 0.6 is 0 Å². The SMILES string of the molecule is O=C(Cc1cnc(-c2ccc(OCCN3CCNCC3)cc2F)nc1)NCc1ccnc(F)c1. The molecule has 0 saturated carbocycles. The van der Waals surface area contributed by atoms with Crippen molar-refractivity contribution in [1.29, 1.82) is 0 Å². The Balaban J connectivity index is 1.28. The molecule has 34 heavy (non-hydrogen) atoms. The molecule has 1 amide bonds. The fourth-order valence-corrected chi connectivity index (χ4v) is 3.58. The highest BCUT2D eigenvalue weighted by Gasteiger charge is 2.12. The summed E-state index contributed by atoms with van der Waals surface area (Å²) >= 11 is 0. The van der Waals surface area contributed by atoms with Crippen LogP contribution in [0.4, 0.5) is 8.78 Å². The first kappa shape index (κ1) is 23.7. The van der Waals surface area contributed by atoms with Crippen LogP contribution in [0.1, 0.15) is 11.1 Å². The zero-order valence-corrected chi connectivity index (χ0v) is 18.6. The van der Waals surface area contributed by atoms with E-state index in [-0.39, 0.29) is 30.3 Å². The van der Waals surface area contributed by atoms with Crippen molar-refractivity contribution in [2.75, 3.05) is 39.3 Å². The quantitative estimate of drug-likeness (QED) is 0.464. The van der Waals surface area contributed by atoms with Gasteiger partial charge in [0.1, 0.15) is 18.2 Å². The van der Waals surface area contributed by atoms with E-state index in [1.54, 1.807) is 18.2 Å². The second kappa shape index (κ2) is 11.6. The van der Waals surface area contributed by atoms with Gasteiger partial charge in [-0.3, -0.25) is 9.69 Å². The molecule has 0 bridgehead atoms. The summed E-state index contributed by atoms with van der Waals surface area (Å²) in [5, 5.41) is 6.01. The minimum absolute atomic E-state index is 0.0518. The highest BCUT2D eigenvalue weighted by molar-refractivity contribution is 5.78. The van der Waals surface area contributed by atoms with Gasteiger partial charge in [0.15, 0.2) is 5.82 Å². The third-order valence-electron chi connectivity index (χ3n) is 5.42. The predicted molar refractivity (Wildman–Crippen MR) is 122 cm³/mol. The van der Waals surface area contributed by atoms with Crippen LogP contribution in [0.25, 0.3) is 11.4 Å². The van der Waals surface area contributed by atoms with Crippen LogP contribution in [0.15, 0.2) is 48.9 Å². The van der Waals surface area contributed by atoms with E-state index in [0.29, 0.717) is 23.5 Å². The Morgan fingerprint density at radius 2 is 1.85 bits per heavy atom. The van der Waals surface area contributed by atoms with Crippen molar-refractivity contribution in [3.63, 3.8) is 0 Å². The number of nitrogens with zero attached hydrogens (tertiary/aromatic N) is 4. The van der Waals surface area contributed by atoms with E-state index in [1.165, 1.54) is 30.7 Å². The molecule has 0 unspecified atom stereocenters. The summed E-state index contributed by atoms with van der Waals surface area (Å²) in [4.78, 5) is 26.3. The topological polar surface area (TPSA) is 92.3 Å². The molecule has 1 aromatic carbocycles. The average Bonchev–Trinajstić information content (AvgIpc) is 2.84. The van der Waals surface area contributed by atoms with Gasteiger partial charge < -0.3 is 15.4 Å². The number of nitrogens with one attached hydrogen (secondary N) is 2. The fraction of sp³-hybridized carbons (Fsp3) is 0.333. The Labute approximate surface area is 196 Å². The molecular weight excluding hydrogens is 442 g/mol. The number of hydrogen-bond acceptors (Lipinski definition) is 7. The number of benzene rings is 1. The van der Waals surface area contributed by atoms with Gasteiger partial charge in [0.05, 0.1) is 12.0 Å². The first-order valence-corrected chi connectivity index (χ1v) is 11.1. The first-order valence-electron chi connectivity index (χ1n) is 11.1. The summed E-state index contributed by atoms with van der Waals surface area (Å²) < 4.78 is 33.5. The lowest BCUT2D eigenvalue weighted by Crippen LogP contribution is -2.44. The molecule has 178 valence electrons. The minimum Gasteiger partial charge on any atom is -0.492 e. The monoisotopic (exact) mass is 468 g/mol. The van der Waals surface area contributed by atoms with Gasteiger partial charge in [0.2, 0.25) is 11.9 Å². The molecule has 1 fully saturated rings. The number of aromatic nitrogens is 3. The molecule has 0 spiro atoms. The van der Waals surface area contributed by atoms with E-state index in [4.69, 9.17) is 4.74 Å². The van der Waals surface area contributed by atoms with Crippen LogP contribution in [0, 0.1) is 11.8 Å². The Morgan fingerprint density at radius 1 is 1.06 bits per heavy atom. The molecule has 4 rings (SSSR count). The fourth-order valence-electron chi connectivity index (χ4n) is 3.58. The molecule has 2 aromatic heterocycles. The second-order valence-corrected chi connectivity index (χ2v) is 7.94. The number of rotatable bonds is 9. The molecule has 1 aliphatic heterocycles. The van der Waals surface area contributed by atoms with E-state index in [9.17, 15) is 13.6 Å². The van der Waals surface area contributed by atoms with Gasteiger partial charge in [0, 0.05) is 63.9 Å². The Kier molecular flexibility index (Phi) is 8.05. The van der Waals surface area contributed by atoms with E-state index >= 15 is 0 Å². The Hall–Kier alpha value is -3.50. The standard InChI is InChI=1S/C24H26F2N6O2/c25-21-13-19(34-10-9-32-7-5-27-6-8-32)1-2-20(21)24-30-15-18(16-31-24)12-23(33)29-14-17-3-4-28-22(26)11-17/h1-4,11,13,15-16,27H,5-10,12,14H2,(H,29,33). The van der Waals surface area contributed by atoms with Crippen molar-refractivity contribution in [3.05, 3.63) is 71.8 Å². The third-order valence-corrected chi connectivity index (χ3v) is 5.42. The summed E-state index contributed by atoms with van der Waals surface area (Å²) in [6.45, 7) is 5.38. The molecule has 2 N–H and O–H groups in total. The Bertz CT molecular complexity index is 1110. The lowest BCUT2D eigenvalue weighted by molar-refractivity contribution is -0.120. The lowest BCUT2D eigenvalue weighted by Gasteiger charge is -2.26. The smallest absolute Gasteiger partial charge is 0.224 e. The summed E-state index contributed by atoms with van der Waals surface area (Å²) in [5.41, 5.74) is 1.44. The van der Waals surface area contributed by atoms with Crippen LogP contribution in [-0.2, 0) is 17.8 Å². The number of ether oxygens (including phenoxy) is 1. The van der Waals surface area contributed by atoms with Crippen LogP contribution < -0.4 is 15.4 Å². The van der Waals surface area contributed by atoms with Crippen molar-refractivity contribution >= 4 is 5.91 Å². The van der Waals surface area contributed by atoms with Gasteiger partial charge in [-0.05, 0) is 35.4 Å². The first-order chi connectivity index (χ1) is 16.6. The van der Waals surface area contributed by atoms with Crippen molar-refractivity contribution in [3.8, 4) is 17.1 Å². The number of pyridine rings is 1. The highest BCUT2D eigenvalue weighted by atomic mass is 19.1. The molecule has 0 atom stereocenters. The number of piperazine rings is 1. The maximum absolute atomic E-state index is 14.6. The summed E-state index contributed by atoms with van der Waals surface area (Å²) in [5.74, 6) is -0.658. The molecule has 0 radical (unpaired) electrons. The third kappa shape index (κ3) is 6.75. The van der Waals surface area contributed by atoms with Gasteiger partial charge in [-0.15, -0.1) is 0 Å². The largest absolute Gasteiger partial charge is 0.492 e. The maximum Gasteiger partial charge on any atom is 0.224 e. The zero-order valence-electron chi connectivity index (χ0n) is 18.6. The van der Waals surface area contributed by atoms with Crippen LogP contribution in [0.5, 0.6) is 5.75 Å². The summed E-state index contributed by atoms with van der Waals surface area (Å²) in [7, 11) is 0. The second-order valence-electron chi connectivity index (χ2n) is 7.94. The number of carbonyl (C=O) groups excluding carboxylic acids is 1. The van der Waals surface area contributed by atoms with E-state index in [1.807, 2.05) is 0 Å². The number of halogens is 2. The molecule has 10 heteroatoms. The van der Waals surface area contributed by atoms with Crippen molar-refractivity contribution in [2.45, 2.75) is 13.0 Å². The van der Waals surface area contributed by atoms with Gasteiger partial charge in [-0.25, -0.2) is 19.3 Å². The van der Waals surface area contributed by atoms with E-state index in [2.05, 4.69) is 30.5 Å². The molecule has 1 saturated heterocycles. The van der Waals surface area contributed by atoms with E-state index < -0.39 is 11.8 Å². The predicted octanol–water partition coefficient (Wildman–Crippen LogP) is 1.96. The minimum atomic E-state index is -0.599. The zero-order chi connectivity index (χ0) is 23.8. The van der Waals surface area contributed by atoms with Gasteiger partial charge in [0.25, 0.3) is 0 Å². The van der Waals surface area contributed by atoms with Crippen LogP contribution in [-0.4, -0.2) is 65.1 Å². The molecule has 3 aromatic rings. The van der Waals surface area contributed by atoms with Crippen LogP contribution in [0.3, 0.4) is 0 Å². The molecule has 8 nitrogen and oxygen atoms in total. The van der Waals surface area contributed by atoms with Crippen molar-refractivity contribution < 1.29 is 18.3 Å². The lowest BCUT2D eigenvalue weighted by atomic mass is 10.1. The number of carbonyl (C=O) groups is 1. The highest BCUT2D eigenvalue weighted by Crippen LogP contribution is 2.23. The van der Waals surface area contributed by atoms with Crippen molar-refractivity contribution in [1.82, 2.24) is 30.5 Å². The normalized spacial score (nSPS) is 14.1. The average molecular weight is 469 g/mol. The number of amides is 1. The molecule has 0 aliphatic carbocycles. The summed E-state index contributed by atoms with van der Waals surface area (Å²) in [6, 6.07) is 7.50. The van der Waals surface area contributed by atoms with Gasteiger partial charge >= 0.3 is 0 Å². The molecule has 3 heterocycles. The van der Waals surface area contributed by atoms with Gasteiger partial charge in [-0.1, -0.05) is 0 Å². The number of hydrogen-bond donors (Lipinski definition) is 2.